The first kappa shape index (κ1) is 35.3. The molecule has 0 amide bonds. The van der Waals surface area contributed by atoms with Gasteiger partial charge in [0.1, 0.15) is 25.1 Å². The van der Waals surface area contributed by atoms with Crippen LogP contribution < -0.4 is 0 Å². The lowest BCUT2D eigenvalue weighted by molar-refractivity contribution is 0.0686. The quantitative estimate of drug-likeness (QED) is 0.149. The molecule has 0 aliphatic rings. The van der Waals surface area contributed by atoms with Crippen LogP contribution in [0.15, 0.2) is 97.1 Å². The molecule has 0 radical (unpaired) electrons. The largest absolute Gasteiger partial charge is 0.478 e. The smallest absolute Gasteiger partial charge is 0.336 e. The van der Waals surface area contributed by atoms with Gasteiger partial charge in [-0.25, -0.2) is 27.7 Å². The molecule has 256 valence electrons. The number of nitrogens with zero attached hydrogens (tertiary/aromatic N) is 4. The fraction of sp³-hybridized carbons (Fsp3) is 0.158. The van der Waals surface area contributed by atoms with Gasteiger partial charge < -0.3 is 19.7 Å². The molecule has 0 aliphatic heterocycles. The summed E-state index contributed by atoms with van der Waals surface area (Å²) in [6.07, 6.45) is 0. The number of hydrogen-bond donors (Lipinski definition) is 2. The number of benzene rings is 4. The van der Waals surface area contributed by atoms with Gasteiger partial charge in [-0.2, -0.15) is 10.2 Å². The van der Waals surface area contributed by atoms with Crippen molar-refractivity contribution in [1.29, 1.82) is 0 Å². The number of aromatic carboxylic acids is 2. The predicted octanol–water partition coefficient (Wildman–Crippen LogP) is 7.93. The van der Waals surface area contributed by atoms with Crippen molar-refractivity contribution in [3.8, 4) is 45.0 Å². The van der Waals surface area contributed by atoms with Crippen LogP contribution in [0.25, 0.3) is 45.0 Å². The summed E-state index contributed by atoms with van der Waals surface area (Å²) in [5.74, 6) is -2.67. The van der Waals surface area contributed by atoms with Gasteiger partial charge in [-0.15, -0.1) is 0 Å². The van der Waals surface area contributed by atoms with Crippen molar-refractivity contribution in [2.45, 2.75) is 27.3 Å². The molecule has 6 rings (SSSR count). The van der Waals surface area contributed by atoms with Crippen LogP contribution in [-0.2, 0) is 22.9 Å². The average Bonchev–Trinajstić information content (AvgIpc) is 3.61. The highest BCUT2D eigenvalue weighted by atomic mass is 19.1. The summed E-state index contributed by atoms with van der Waals surface area (Å²) in [7, 11) is 3.10. The van der Waals surface area contributed by atoms with Crippen molar-refractivity contribution in [3.63, 3.8) is 0 Å². The van der Waals surface area contributed by atoms with Crippen LogP contribution in [0.3, 0.4) is 0 Å². The summed E-state index contributed by atoms with van der Waals surface area (Å²) in [5, 5.41) is 28.0. The zero-order valence-corrected chi connectivity index (χ0v) is 27.7. The van der Waals surface area contributed by atoms with E-state index in [0.717, 1.165) is 27.9 Å². The lowest BCUT2D eigenvalue weighted by Crippen LogP contribution is -2.07. The first-order valence-electron chi connectivity index (χ1n) is 15.4. The number of ether oxygens (including phenoxy) is 2. The van der Waals surface area contributed by atoms with Crippen molar-refractivity contribution in [3.05, 3.63) is 131 Å². The summed E-state index contributed by atoms with van der Waals surface area (Å²) in [6, 6.07) is 25.6. The maximum Gasteiger partial charge on any atom is 0.336 e. The van der Waals surface area contributed by atoms with E-state index in [1.807, 2.05) is 13.8 Å². The zero-order valence-electron chi connectivity index (χ0n) is 27.7. The Morgan fingerprint density at radius 3 is 1.54 bits per heavy atom. The van der Waals surface area contributed by atoms with Gasteiger partial charge in [0.05, 0.1) is 33.9 Å². The van der Waals surface area contributed by atoms with Gasteiger partial charge in [0.2, 0.25) is 0 Å². The number of carboxylic acids is 2. The van der Waals surface area contributed by atoms with Crippen LogP contribution >= 0.6 is 0 Å². The zero-order chi connectivity index (χ0) is 35.9. The Bertz CT molecular complexity index is 2140. The van der Waals surface area contributed by atoms with E-state index in [2.05, 4.69) is 10.2 Å². The van der Waals surface area contributed by atoms with E-state index in [-0.39, 0.29) is 36.2 Å². The molecule has 50 heavy (non-hydrogen) atoms. The Kier molecular flexibility index (Phi) is 10.9. The van der Waals surface area contributed by atoms with Gasteiger partial charge in [0, 0.05) is 47.6 Å². The number of carbonyl (C=O) groups is 2. The van der Waals surface area contributed by atoms with E-state index in [1.54, 1.807) is 96.4 Å². The van der Waals surface area contributed by atoms with Crippen LogP contribution in [0, 0.1) is 25.5 Å². The van der Waals surface area contributed by atoms with E-state index >= 15 is 0 Å². The number of carboxylic acid groups (broad SMARTS) is 2. The van der Waals surface area contributed by atoms with Crippen LogP contribution in [-0.4, -0.2) is 55.9 Å². The maximum atomic E-state index is 13.3. The van der Waals surface area contributed by atoms with E-state index in [9.17, 15) is 28.6 Å². The Labute approximate surface area is 286 Å². The number of hydrogen-bond acceptors (Lipinski definition) is 6. The monoisotopic (exact) mass is 680 g/mol. The summed E-state index contributed by atoms with van der Waals surface area (Å²) in [6.45, 7) is 4.10. The Balaban J connectivity index is 0.000000194. The molecule has 0 aliphatic carbocycles. The molecule has 6 aromatic rings. The first-order chi connectivity index (χ1) is 24.0. The van der Waals surface area contributed by atoms with Crippen molar-refractivity contribution in [2.75, 3.05) is 14.2 Å². The number of rotatable bonds is 10. The highest BCUT2D eigenvalue weighted by Crippen LogP contribution is 2.35. The molecule has 0 atom stereocenters. The van der Waals surface area contributed by atoms with E-state index in [1.165, 1.54) is 24.3 Å². The minimum absolute atomic E-state index is 0.172. The van der Waals surface area contributed by atoms with Gasteiger partial charge in [-0.3, -0.25) is 0 Å². The fourth-order valence-electron chi connectivity index (χ4n) is 5.74. The Morgan fingerprint density at radius 2 is 1.02 bits per heavy atom. The molecular weight excluding hydrogens is 646 g/mol. The molecule has 0 bridgehead atoms. The third kappa shape index (κ3) is 7.36. The summed E-state index contributed by atoms with van der Waals surface area (Å²) in [5.41, 5.74) is 7.25. The lowest BCUT2D eigenvalue weighted by atomic mass is 9.99. The van der Waals surface area contributed by atoms with Gasteiger partial charge in [-0.05, 0) is 74.5 Å². The number of aromatic nitrogens is 4. The van der Waals surface area contributed by atoms with E-state index in [0.29, 0.717) is 28.2 Å². The van der Waals surface area contributed by atoms with Crippen molar-refractivity contribution >= 4 is 11.9 Å². The summed E-state index contributed by atoms with van der Waals surface area (Å²) >= 11 is 0. The molecule has 2 aromatic heterocycles. The summed E-state index contributed by atoms with van der Waals surface area (Å²) < 4.78 is 40.1. The molecule has 2 N–H and O–H groups in total. The average molecular weight is 681 g/mol. The molecule has 4 aromatic carbocycles. The number of halogens is 2. The standard InChI is InChI=1S/2C19H17FN2O3/c1-12-17(15-5-3-4-6-16(15)19(23)24)21-22(11-25-2)18(12)13-7-9-14(20)10-8-13;1-12-17(13-7-9-14(20)10-8-13)21-22(11-25-2)18(12)15-5-3-4-6-16(15)19(23)24/h2*3-10H,11H2,1-2H3,(H,23,24). The molecule has 12 heteroatoms. The Hall–Kier alpha value is -5.98. The topological polar surface area (TPSA) is 129 Å². The van der Waals surface area contributed by atoms with E-state index < -0.39 is 11.9 Å². The van der Waals surface area contributed by atoms with Crippen LogP contribution in [0.1, 0.15) is 31.8 Å². The molecular formula is C38H34F2N4O6. The SMILES string of the molecule is COCn1nc(-c2ccc(F)cc2)c(C)c1-c1ccccc1C(=O)O.COCn1nc(-c2ccccc2C(=O)O)c(C)c1-c1ccc(F)cc1. The highest BCUT2D eigenvalue weighted by molar-refractivity contribution is 5.97. The van der Waals surface area contributed by atoms with Gasteiger partial charge in [0.25, 0.3) is 0 Å². The second-order valence-corrected chi connectivity index (χ2v) is 11.2. The third-order valence-electron chi connectivity index (χ3n) is 7.94. The molecule has 0 fully saturated rings. The van der Waals surface area contributed by atoms with Crippen LogP contribution in [0.4, 0.5) is 8.78 Å². The predicted molar refractivity (Wildman–Crippen MR) is 184 cm³/mol. The molecule has 0 unspecified atom stereocenters. The maximum absolute atomic E-state index is 13.3. The van der Waals surface area contributed by atoms with Crippen molar-refractivity contribution in [2.24, 2.45) is 0 Å². The summed E-state index contributed by atoms with van der Waals surface area (Å²) in [4.78, 5) is 23.1. The number of methoxy groups -OCH3 is 2. The highest BCUT2D eigenvalue weighted by Gasteiger charge is 2.23. The minimum atomic E-state index is -1.01. The molecule has 0 spiro atoms. The van der Waals surface area contributed by atoms with Gasteiger partial charge >= 0.3 is 11.9 Å². The van der Waals surface area contributed by atoms with Gasteiger partial charge in [0.15, 0.2) is 0 Å². The second-order valence-electron chi connectivity index (χ2n) is 11.2. The second kappa shape index (κ2) is 15.5. The van der Waals surface area contributed by atoms with Crippen LogP contribution in [0.5, 0.6) is 0 Å². The fourth-order valence-corrected chi connectivity index (χ4v) is 5.74. The van der Waals surface area contributed by atoms with Gasteiger partial charge in [-0.1, -0.05) is 36.4 Å². The lowest BCUT2D eigenvalue weighted by Gasteiger charge is -2.10. The normalized spacial score (nSPS) is 10.8. The molecule has 0 saturated heterocycles. The Morgan fingerprint density at radius 1 is 0.600 bits per heavy atom. The third-order valence-corrected chi connectivity index (χ3v) is 7.94. The van der Waals surface area contributed by atoms with E-state index in [4.69, 9.17) is 9.47 Å². The first-order valence-corrected chi connectivity index (χ1v) is 15.4. The van der Waals surface area contributed by atoms with Crippen molar-refractivity contribution in [1.82, 2.24) is 19.6 Å². The van der Waals surface area contributed by atoms with Crippen LogP contribution in [0.2, 0.25) is 0 Å². The molecule has 2 heterocycles. The molecule has 0 saturated carbocycles. The van der Waals surface area contributed by atoms with Crippen molar-refractivity contribution < 1.29 is 38.1 Å². The molecule has 10 nitrogen and oxygen atoms in total. The minimum Gasteiger partial charge on any atom is -0.478 e.